The summed E-state index contributed by atoms with van der Waals surface area (Å²) in [5.74, 6) is 1.12. The molecule has 0 saturated carbocycles. The Morgan fingerprint density at radius 1 is 1.11 bits per heavy atom. The molecule has 0 heterocycles. The van der Waals surface area contributed by atoms with Gasteiger partial charge < -0.3 is 10.0 Å². The van der Waals surface area contributed by atoms with Gasteiger partial charge in [0.15, 0.2) is 0 Å². The first-order valence-corrected chi connectivity index (χ1v) is 6.89. The van der Waals surface area contributed by atoms with E-state index in [4.69, 9.17) is 0 Å². The van der Waals surface area contributed by atoms with E-state index in [0.29, 0.717) is 17.3 Å². The third kappa shape index (κ3) is 1.90. The van der Waals surface area contributed by atoms with Crippen molar-refractivity contribution in [2.24, 2.45) is 11.8 Å². The Hall–Kier alpha value is -0.795. The first kappa shape index (κ1) is 13.6. The molecule has 0 aliphatic heterocycles. The summed E-state index contributed by atoms with van der Waals surface area (Å²) in [7, 11) is -1.37. The van der Waals surface area contributed by atoms with E-state index in [0.717, 1.165) is 6.42 Å². The zero-order chi connectivity index (χ0) is 13.5. The first-order chi connectivity index (χ1) is 8.39. The lowest BCUT2D eigenvalue weighted by atomic mass is 9.64. The van der Waals surface area contributed by atoms with E-state index in [-0.39, 0.29) is 5.41 Å². The number of hydrogen-bond donors (Lipinski definition) is 2. The van der Waals surface area contributed by atoms with Crippen LogP contribution in [0, 0.1) is 11.8 Å². The minimum absolute atomic E-state index is 0.181. The van der Waals surface area contributed by atoms with Crippen molar-refractivity contribution < 1.29 is 10.0 Å². The summed E-state index contributed by atoms with van der Waals surface area (Å²) in [6, 6.07) is 5.91. The largest absolute Gasteiger partial charge is 0.488 e. The third-order valence-corrected chi connectivity index (χ3v) is 4.80. The van der Waals surface area contributed by atoms with Crippen LogP contribution in [-0.4, -0.2) is 17.2 Å². The van der Waals surface area contributed by atoms with E-state index in [1.807, 2.05) is 12.1 Å². The molecule has 0 aromatic heterocycles. The summed E-state index contributed by atoms with van der Waals surface area (Å²) in [6.07, 6.45) is 2.27. The number of benzene rings is 1. The number of aryl methyl sites for hydroxylation is 1. The van der Waals surface area contributed by atoms with Gasteiger partial charge in [-0.2, -0.15) is 0 Å². The molecule has 3 heteroatoms. The lowest BCUT2D eigenvalue weighted by Crippen LogP contribution is -2.37. The molecule has 0 amide bonds. The van der Waals surface area contributed by atoms with E-state index in [9.17, 15) is 10.0 Å². The van der Waals surface area contributed by atoms with Gasteiger partial charge in [0.2, 0.25) is 0 Å². The minimum atomic E-state index is -1.37. The van der Waals surface area contributed by atoms with Crippen LogP contribution in [0.3, 0.4) is 0 Å². The summed E-state index contributed by atoms with van der Waals surface area (Å²) in [4.78, 5) is 0. The van der Waals surface area contributed by atoms with Crippen LogP contribution >= 0.6 is 0 Å². The molecule has 1 aliphatic rings. The van der Waals surface area contributed by atoms with Crippen molar-refractivity contribution in [3.63, 3.8) is 0 Å². The summed E-state index contributed by atoms with van der Waals surface area (Å²) in [5, 5.41) is 18.7. The van der Waals surface area contributed by atoms with Crippen LogP contribution in [0.25, 0.3) is 0 Å². The van der Waals surface area contributed by atoms with Gasteiger partial charge >= 0.3 is 7.12 Å². The Labute approximate surface area is 110 Å². The van der Waals surface area contributed by atoms with Crippen LogP contribution in [0.15, 0.2) is 18.2 Å². The second-order valence-electron chi connectivity index (χ2n) is 6.14. The third-order valence-electron chi connectivity index (χ3n) is 4.80. The van der Waals surface area contributed by atoms with Gasteiger partial charge in [-0.25, -0.2) is 0 Å². The zero-order valence-electron chi connectivity index (χ0n) is 11.8. The van der Waals surface area contributed by atoms with Crippen molar-refractivity contribution >= 4 is 12.6 Å². The van der Waals surface area contributed by atoms with Crippen molar-refractivity contribution in [3.8, 4) is 0 Å². The maximum Gasteiger partial charge on any atom is 0.488 e. The predicted molar refractivity (Wildman–Crippen MR) is 75.9 cm³/mol. The smallest absolute Gasteiger partial charge is 0.423 e. The monoisotopic (exact) mass is 246 g/mol. The Kier molecular flexibility index (Phi) is 3.57. The van der Waals surface area contributed by atoms with Gasteiger partial charge in [-0.1, -0.05) is 45.9 Å². The standard InChI is InChI=1S/C15H23BO2/c1-10(2)15(11(3)4)8-7-12-5-6-13(16(17)18)9-14(12)15/h5-6,9-11,17-18H,7-8H2,1-4H3. The van der Waals surface area contributed by atoms with Crippen LogP contribution in [0.4, 0.5) is 0 Å². The molecular formula is C15H23BO2. The fraction of sp³-hybridized carbons (Fsp3) is 0.600. The molecule has 2 N–H and O–H groups in total. The molecule has 0 atom stereocenters. The molecule has 0 radical (unpaired) electrons. The summed E-state index contributed by atoms with van der Waals surface area (Å²) >= 11 is 0. The quantitative estimate of drug-likeness (QED) is 0.799. The van der Waals surface area contributed by atoms with Crippen LogP contribution in [-0.2, 0) is 11.8 Å². The topological polar surface area (TPSA) is 40.5 Å². The molecule has 1 aliphatic carbocycles. The molecule has 0 unspecified atom stereocenters. The highest BCUT2D eigenvalue weighted by Gasteiger charge is 2.43. The van der Waals surface area contributed by atoms with Crippen molar-refractivity contribution in [2.75, 3.05) is 0 Å². The number of fused-ring (bicyclic) bond motifs is 1. The molecule has 18 heavy (non-hydrogen) atoms. The normalized spacial score (nSPS) is 17.3. The van der Waals surface area contributed by atoms with Crippen LogP contribution in [0.5, 0.6) is 0 Å². The van der Waals surface area contributed by atoms with Crippen molar-refractivity contribution in [3.05, 3.63) is 29.3 Å². The highest BCUT2D eigenvalue weighted by molar-refractivity contribution is 6.58. The average Bonchev–Trinajstić information content (AvgIpc) is 2.67. The lowest BCUT2D eigenvalue weighted by Gasteiger charge is -2.39. The SMILES string of the molecule is CC(C)C1(C(C)C)CCc2ccc(B(O)O)cc21. The van der Waals surface area contributed by atoms with Gasteiger partial charge in [0.1, 0.15) is 0 Å². The molecule has 1 aromatic rings. The second-order valence-corrected chi connectivity index (χ2v) is 6.14. The molecular weight excluding hydrogens is 223 g/mol. The van der Waals surface area contributed by atoms with E-state index in [1.54, 1.807) is 0 Å². The van der Waals surface area contributed by atoms with Crippen molar-refractivity contribution in [1.82, 2.24) is 0 Å². The fourth-order valence-corrected chi connectivity index (χ4v) is 3.75. The predicted octanol–water partition coefficient (Wildman–Crippen LogP) is 1.86. The average molecular weight is 246 g/mol. The van der Waals surface area contributed by atoms with Gasteiger partial charge in [-0.05, 0) is 41.3 Å². The Balaban J connectivity index is 2.56. The zero-order valence-corrected chi connectivity index (χ0v) is 11.8. The molecule has 0 bridgehead atoms. The molecule has 2 nitrogen and oxygen atoms in total. The van der Waals surface area contributed by atoms with E-state index < -0.39 is 7.12 Å². The van der Waals surface area contributed by atoms with Gasteiger partial charge in [0, 0.05) is 5.41 Å². The first-order valence-electron chi connectivity index (χ1n) is 6.89. The second kappa shape index (κ2) is 4.71. The Morgan fingerprint density at radius 3 is 2.22 bits per heavy atom. The number of rotatable bonds is 3. The van der Waals surface area contributed by atoms with E-state index in [1.165, 1.54) is 17.5 Å². The van der Waals surface area contributed by atoms with Crippen LogP contribution in [0.2, 0.25) is 0 Å². The molecule has 1 aromatic carbocycles. The van der Waals surface area contributed by atoms with Gasteiger partial charge in [-0.3, -0.25) is 0 Å². The maximum absolute atomic E-state index is 9.36. The molecule has 0 spiro atoms. The van der Waals surface area contributed by atoms with E-state index >= 15 is 0 Å². The molecule has 0 fully saturated rings. The Morgan fingerprint density at radius 2 is 1.72 bits per heavy atom. The van der Waals surface area contributed by atoms with Gasteiger partial charge in [0.05, 0.1) is 0 Å². The highest BCUT2D eigenvalue weighted by Crippen LogP contribution is 2.48. The lowest BCUT2D eigenvalue weighted by molar-refractivity contribution is 0.218. The molecule has 2 rings (SSSR count). The Bertz CT molecular complexity index is 430. The van der Waals surface area contributed by atoms with Gasteiger partial charge in [-0.15, -0.1) is 0 Å². The number of hydrogen-bond acceptors (Lipinski definition) is 2. The summed E-state index contributed by atoms with van der Waals surface area (Å²) in [6.45, 7) is 9.10. The fourth-order valence-electron chi connectivity index (χ4n) is 3.75. The van der Waals surface area contributed by atoms with E-state index in [2.05, 4.69) is 33.8 Å². The molecule has 0 saturated heterocycles. The van der Waals surface area contributed by atoms with Crippen LogP contribution < -0.4 is 5.46 Å². The van der Waals surface area contributed by atoms with Crippen molar-refractivity contribution in [2.45, 2.75) is 46.0 Å². The minimum Gasteiger partial charge on any atom is -0.423 e. The summed E-state index contributed by atoms with van der Waals surface area (Å²) < 4.78 is 0. The van der Waals surface area contributed by atoms with Gasteiger partial charge in [0.25, 0.3) is 0 Å². The maximum atomic E-state index is 9.36. The molecule has 98 valence electrons. The highest BCUT2D eigenvalue weighted by atomic mass is 16.4. The van der Waals surface area contributed by atoms with Crippen LogP contribution in [0.1, 0.15) is 45.2 Å². The summed E-state index contributed by atoms with van der Waals surface area (Å²) in [5.41, 5.74) is 3.50. The van der Waals surface area contributed by atoms with Crippen molar-refractivity contribution in [1.29, 1.82) is 0 Å².